The van der Waals surface area contributed by atoms with E-state index in [-0.39, 0.29) is 5.75 Å². The number of thioether (sulfide) groups is 1. The van der Waals surface area contributed by atoms with Crippen LogP contribution in [-0.4, -0.2) is 44.6 Å². The van der Waals surface area contributed by atoms with Gasteiger partial charge in [0.2, 0.25) is 0 Å². The number of allylic oxidation sites excluding steroid dienone is 2. The molecule has 1 aliphatic rings. The van der Waals surface area contributed by atoms with Crippen LogP contribution in [0.3, 0.4) is 0 Å². The van der Waals surface area contributed by atoms with Crippen molar-refractivity contribution in [3.63, 3.8) is 0 Å². The molecule has 1 N–H and O–H groups in total. The van der Waals surface area contributed by atoms with Gasteiger partial charge in [-0.15, -0.1) is 18.3 Å². The zero-order chi connectivity index (χ0) is 31.3. The number of amidine groups is 1. The summed E-state index contributed by atoms with van der Waals surface area (Å²) >= 11 is 1.59. The molecule has 2 heterocycles. The lowest BCUT2D eigenvalue weighted by Crippen LogP contribution is -2.36. The Morgan fingerprint density at radius 2 is 1.77 bits per heavy atom. The Hall–Kier alpha value is -4.58. The van der Waals surface area contributed by atoms with E-state index >= 15 is 0 Å². The smallest absolute Gasteiger partial charge is 0.406 e. The zero-order valence-electron chi connectivity index (χ0n) is 24.4. The van der Waals surface area contributed by atoms with E-state index in [9.17, 15) is 18.0 Å². The Kier molecular flexibility index (Phi) is 9.38. The molecule has 0 unspecified atom stereocenters. The number of halogens is 3. The summed E-state index contributed by atoms with van der Waals surface area (Å²) in [6.45, 7) is 6.70. The number of alkyl halides is 3. The van der Waals surface area contributed by atoms with Gasteiger partial charge in [0, 0.05) is 29.2 Å². The quantitative estimate of drug-likeness (QED) is 0.227. The summed E-state index contributed by atoms with van der Waals surface area (Å²) in [7, 11) is 0. The summed E-state index contributed by atoms with van der Waals surface area (Å²) in [6.07, 6.45) is -1.35. The zero-order valence-corrected chi connectivity index (χ0v) is 25.2. The van der Waals surface area contributed by atoms with E-state index in [1.807, 2.05) is 50.2 Å². The molecule has 0 radical (unpaired) electrons. The van der Waals surface area contributed by atoms with Crippen LogP contribution in [0.4, 0.5) is 23.7 Å². The Labute approximate surface area is 257 Å². The van der Waals surface area contributed by atoms with Crippen LogP contribution in [0.15, 0.2) is 89.8 Å². The first-order valence-electron chi connectivity index (χ1n) is 14.1. The van der Waals surface area contributed by atoms with Crippen molar-refractivity contribution in [3.05, 3.63) is 95.9 Å². The summed E-state index contributed by atoms with van der Waals surface area (Å²) in [5.74, 6) is 1.05. The number of urea groups is 1. The summed E-state index contributed by atoms with van der Waals surface area (Å²) in [6, 6.07) is 20.7. The molecular formula is C32H31F3N6O2S. The highest BCUT2D eigenvalue weighted by Crippen LogP contribution is 2.29. The Balaban J connectivity index is 1.26. The van der Waals surface area contributed by atoms with E-state index in [2.05, 4.69) is 49.1 Å². The molecule has 0 atom stereocenters. The van der Waals surface area contributed by atoms with Gasteiger partial charge >= 0.3 is 12.4 Å². The normalized spacial score (nSPS) is 15.2. The van der Waals surface area contributed by atoms with E-state index in [4.69, 9.17) is 0 Å². The van der Waals surface area contributed by atoms with Gasteiger partial charge in [0.15, 0.2) is 11.0 Å². The lowest BCUT2D eigenvalue weighted by atomic mass is 10.0. The number of hydrogen-bond acceptors (Lipinski definition) is 5. The van der Waals surface area contributed by atoms with Gasteiger partial charge in [-0.05, 0) is 73.7 Å². The standard InChI is InChI=1S/C32H31F3N6O2S/c1-4-23-8-5-6-9-28(23)40-18-7-19-44-31(40)38-30(42)37-22(3)21(2)24-10-12-25(13-11-24)29-36-20-41(39-29)26-14-16-27(17-15-26)43-32(33,34)35/h5-6,8-17,20H,4,7,18-19H2,1-3H3,(H,37,42)/b22-21+,38-31?. The Morgan fingerprint density at radius 3 is 2.48 bits per heavy atom. The Morgan fingerprint density at radius 1 is 1.05 bits per heavy atom. The minimum atomic E-state index is -4.75. The van der Waals surface area contributed by atoms with Crippen molar-refractivity contribution in [2.75, 3.05) is 17.2 Å². The van der Waals surface area contributed by atoms with Crippen molar-refractivity contribution in [2.24, 2.45) is 4.99 Å². The third-order valence-electron chi connectivity index (χ3n) is 7.11. The second-order valence-electron chi connectivity index (χ2n) is 10.0. The number of carbonyl (C=O) groups excluding carboxylic acids is 1. The molecule has 8 nitrogen and oxygen atoms in total. The third kappa shape index (κ3) is 7.49. The van der Waals surface area contributed by atoms with E-state index in [1.165, 1.54) is 40.8 Å². The summed E-state index contributed by atoms with van der Waals surface area (Å²) < 4.78 is 42.7. The minimum absolute atomic E-state index is 0.313. The maximum absolute atomic E-state index is 13.0. The minimum Gasteiger partial charge on any atom is -0.406 e. The maximum Gasteiger partial charge on any atom is 0.573 e. The van der Waals surface area contributed by atoms with Gasteiger partial charge in [-0.1, -0.05) is 61.2 Å². The molecule has 1 saturated heterocycles. The van der Waals surface area contributed by atoms with Crippen LogP contribution in [0, 0.1) is 0 Å². The van der Waals surface area contributed by atoms with Crippen molar-refractivity contribution >= 4 is 34.2 Å². The van der Waals surface area contributed by atoms with Crippen molar-refractivity contribution in [1.29, 1.82) is 0 Å². The molecule has 0 saturated carbocycles. The molecule has 0 spiro atoms. The molecule has 228 valence electrons. The van der Waals surface area contributed by atoms with Crippen molar-refractivity contribution in [2.45, 2.75) is 40.0 Å². The number of rotatable bonds is 7. The SMILES string of the molecule is CCc1ccccc1N1CCCSC1=NC(=O)N/C(C)=C(\C)c1ccc(-c2ncn(-c3ccc(OC(F)(F)F)cc3)n2)cc1. The molecule has 1 aliphatic heterocycles. The second kappa shape index (κ2) is 13.4. The highest BCUT2D eigenvalue weighted by atomic mass is 32.2. The molecule has 2 amide bonds. The van der Waals surface area contributed by atoms with Crippen molar-refractivity contribution in [3.8, 4) is 22.8 Å². The molecule has 0 aliphatic carbocycles. The molecule has 5 rings (SSSR count). The van der Waals surface area contributed by atoms with Gasteiger partial charge in [-0.2, -0.15) is 4.99 Å². The fourth-order valence-corrected chi connectivity index (χ4v) is 5.67. The van der Waals surface area contributed by atoms with Crippen LogP contribution >= 0.6 is 11.8 Å². The van der Waals surface area contributed by atoms with Gasteiger partial charge in [-0.25, -0.2) is 14.5 Å². The highest BCUT2D eigenvalue weighted by Gasteiger charge is 2.31. The number of aryl methyl sites for hydroxylation is 1. The van der Waals surface area contributed by atoms with Crippen molar-refractivity contribution < 1.29 is 22.7 Å². The number of anilines is 1. The lowest BCUT2D eigenvalue weighted by molar-refractivity contribution is -0.274. The summed E-state index contributed by atoms with van der Waals surface area (Å²) in [5.41, 5.74) is 6.08. The Bertz CT molecular complexity index is 1680. The van der Waals surface area contributed by atoms with E-state index in [1.54, 1.807) is 11.8 Å². The topological polar surface area (TPSA) is 84.6 Å². The van der Waals surface area contributed by atoms with Crippen LogP contribution in [0.2, 0.25) is 0 Å². The summed E-state index contributed by atoms with van der Waals surface area (Å²) in [4.78, 5) is 23.9. The van der Waals surface area contributed by atoms with E-state index in [0.29, 0.717) is 22.4 Å². The molecule has 4 aromatic rings. The van der Waals surface area contributed by atoms with Gasteiger partial charge < -0.3 is 15.0 Å². The average Bonchev–Trinajstić information content (AvgIpc) is 3.51. The van der Waals surface area contributed by atoms with E-state index < -0.39 is 12.4 Å². The second-order valence-corrected chi connectivity index (χ2v) is 11.1. The maximum atomic E-state index is 13.0. The number of ether oxygens (including phenoxy) is 1. The van der Waals surface area contributed by atoms with Gasteiger partial charge in [0.05, 0.1) is 5.69 Å². The number of amides is 2. The van der Waals surface area contributed by atoms with Crippen LogP contribution in [0.25, 0.3) is 22.6 Å². The monoisotopic (exact) mass is 620 g/mol. The highest BCUT2D eigenvalue weighted by molar-refractivity contribution is 8.14. The molecular weight excluding hydrogens is 589 g/mol. The van der Waals surface area contributed by atoms with Crippen molar-refractivity contribution in [1.82, 2.24) is 20.1 Å². The fraction of sp³-hybridized carbons (Fsp3) is 0.250. The lowest BCUT2D eigenvalue weighted by Gasteiger charge is -2.31. The first kappa shape index (κ1) is 30.9. The number of benzene rings is 3. The number of aromatic nitrogens is 3. The molecule has 0 bridgehead atoms. The molecule has 3 aromatic carbocycles. The number of hydrogen-bond donors (Lipinski definition) is 1. The predicted octanol–water partition coefficient (Wildman–Crippen LogP) is 7.86. The van der Waals surface area contributed by atoms with Crippen LogP contribution in [-0.2, 0) is 6.42 Å². The number of nitrogens with one attached hydrogen (secondary N) is 1. The predicted molar refractivity (Wildman–Crippen MR) is 168 cm³/mol. The first-order chi connectivity index (χ1) is 21.1. The molecule has 12 heteroatoms. The third-order valence-corrected chi connectivity index (χ3v) is 8.17. The van der Waals surface area contributed by atoms with Crippen LogP contribution < -0.4 is 15.0 Å². The van der Waals surface area contributed by atoms with Gasteiger partial charge in [0.1, 0.15) is 12.1 Å². The molecule has 1 aromatic heterocycles. The number of aliphatic imine (C=N–C) groups is 1. The summed E-state index contributed by atoms with van der Waals surface area (Å²) in [5, 5.41) is 8.07. The van der Waals surface area contributed by atoms with Gasteiger partial charge in [0.25, 0.3) is 0 Å². The number of para-hydroxylation sites is 1. The molecule has 44 heavy (non-hydrogen) atoms. The average molecular weight is 621 g/mol. The number of nitrogens with zero attached hydrogens (tertiary/aromatic N) is 5. The first-order valence-corrected chi connectivity index (χ1v) is 15.0. The van der Waals surface area contributed by atoms with Crippen LogP contribution in [0.1, 0.15) is 38.3 Å². The van der Waals surface area contributed by atoms with Gasteiger partial charge in [-0.3, -0.25) is 0 Å². The van der Waals surface area contributed by atoms with E-state index in [0.717, 1.165) is 47.5 Å². The largest absolute Gasteiger partial charge is 0.573 e. The van der Waals surface area contributed by atoms with Crippen LogP contribution in [0.5, 0.6) is 5.75 Å². The number of carbonyl (C=O) groups is 1. The fourth-order valence-electron chi connectivity index (χ4n) is 4.72. The molecule has 1 fully saturated rings.